The van der Waals surface area contributed by atoms with Crippen LogP contribution in [0, 0.1) is 0 Å². The van der Waals surface area contributed by atoms with Gasteiger partial charge in [-0.2, -0.15) is 0 Å². The van der Waals surface area contributed by atoms with E-state index in [1.54, 1.807) is 0 Å². The molecule has 10 nitrogen and oxygen atoms in total. The summed E-state index contributed by atoms with van der Waals surface area (Å²) in [5.41, 5.74) is 6.26. The second-order valence-corrected chi connectivity index (χ2v) is 8.44. The van der Waals surface area contributed by atoms with Crippen LogP contribution >= 0.6 is 0 Å². The third-order valence-corrected chi connectivity index (χ3v) is 6.03. The lowest BCUT2D eigenvalue weighted by atomic mass is 10.3. The topological polar surface area (TPSA) is 131 Å². The first-order valence-corrected chi connectivity index (χ1v) is 10.9. The van der Waals surface area contributed by atoms with Crippen molar-refractivity contribution in [3.63, 3.8) is 0 Å². The van der Waals surface area contributed by atoms with Crippen LogP contribution in [-0.2, 0) is 33.1 Å². The summed E-state index contributed by atoms with van der Waals surface area (Å²) in [6.07, 6.45) is -0.169. The summed E-state index contributed by atoms with van der Waals surface area (Å²) < 4.78 is 33.6. The van der Waals surface area contributed by atoms with Crippen LogP contribution in [0.2, 0.25) is 0 Å². The number of nitrogens with zero attached hydrogens (tertiary/aromatic N) is 2. The van der Waals surface area contributed by atoms with Crippen molar-refractivity contribution in [2.75, 3.05) is 13.7 Å². The summed E-state index contributed by atoms with van der Waals surface area (Å²) >= 11 is 0. The van der Waals surface area contributed by atoms with E-state index in [0.29, 0.717) is 11.6 Å². The summed E-state index contributed by atoms with van der Waals surface area (Å²) in [5, 5.41) is 0. The molecule has 164 valence electrons. The number of methoxy groups -OCH3 is 1. The first-order chi connectivity index (χ1) is 14.8. The number of fused-ring (bicyclic) bond motifs is 1. The molecule has 3 N–H and O–H groups in total. The van der Waals surface area contributed by atoms with Gasteiger partial charge in [-0.25, -0.2) is 18.1 Å². The van der Waals surface area contributed by atoms with Crippen molar-refractivity contribution in [3.05, 3.63) is 54.4 Å². The number of amides is 2. The normalized spacial score (nSPS) is 11.3. The quantitative estimate of drug-likeness (QED) is 0.436. The highest BCUT2D eigenvalue weighted by molar-refractivity contribution is 7.89. The molecule has 11 heteroatoms. The molecule has 0 aliphatic heterocycles. The van der Waals surface area contributed by atoms with Gasteiger partial charge >= 0.3 is 0 Å². The number of sulfonamides is 1. The minimum Gasteiger partial charge on any atom is -0.497 e. The minimum absolute atomic E-state index is 0.0183. The highest BCUT2D eigenvalue weighted by atomic mass is 32.2. The summed E-state index contributed by atoms with van der Waals surface area (Å²) in [7, 11) is -0.460. The molecule has 2 aromatic carbocycles. The average molecular weight is 446 g/mol. The zero-order chi connectivity index (χ0) is 22.4. The molecular weight excluding hydrogens is 422 g/mol. The minimum atomic E-state index is -3.75. The van der Waals surface area contributed by atoms with Crippen LogP contribution in [0.5, 0.6) is 5.75 Å². The van der Waals surface area contributed by atoms with Gasteiger partial charge in [-0.1, -0.05) is 12.1 Å². The number of benzene rings is 2. The first-order valence-electron chi connectivity index (χ1n) is 9.42. The van der Waals surface area contributed by atoms with E-state index in [1.165, 1.54) is 31.4 Å². The van der Waals surface area contributed by atoms with Crippen molar-refractivity contribution in [1.82, 2.24) is 25.1 Å². The molecule has 1 aromatic heterocycles. The standard InChI is InChI=1S/C20H23N5O5S/c1-25-17-6-4-3-5-16(17)22-18(25)13-20(27)24-23-19(26)11-12-21-31(28,29)15-9-7-14(30-2)8-10-15/h3-10,21H,11-13H2,1-2H3,(H,23,26)(H,24,27). The zero-order valence-corrected chi connectivity index (χ0v) is 17.9. The SMILES string of the molecule is COc1ccc(S(=O)(=O)NCCC(=O)NNC(=O)Cc2nc3ccccc3n2C)cc1. The van der Waals surface area contributed by atoms with Crippen LogP contribution in [0.1, 0.15) is 12.2 Å². The van der Waals surface area contributed by atoms with Gasteiger partial charge < -0.3 is 9.30 Å². The molecule has 1 heterocycles. The molecule has 0 aliphatic rings. The molecule has 0 atom stereocenters. The second-order valence-electron chi connectivity index (χ2n) is 6.67. The number of carbonyl (C=O) groups excluding carboxylic acids is 2. The summed E-state index contributed by atoms with van der Waals surface area (Å²) in [6, 6.07) is 13.4. The van der Waals surface area contributed by atoms with Crippen LogP contribution < -0.4 is 20.3 Å². The molecule has 0 radical (unpaired) electrons. The fourth-order valence-electron chi connectivity index (χ4n) is 2.88. The fourth-order valence-corrected chi connectivity index (χ4v) is 3.91. The Labute approximate surface area is 179 Å². The van der Waals surface area contributed by atoms with Crippen LogP contribution in [-0.4, -0.2) is 43.4 Å². The monoisotopic (exact) mass is 445 g/mol. The summed E-state index contributed by atoms with van der Waals surface area (Å²) in [6.45, 7) is -0.124. The number of aromatic nitrogens is 2. The number of para-hydroxylation sites is 2. The second kappa shape index (κ2) is 9.58. The van der Waals surface area contributed by atoms with E-state index in [2.05, 4.69) is 20.6 Å². The van der Waals surface area contributed by atoms with Gasteiger partial charge in [-0.05, 0) is 36.4 Å². The molecule has 3 rings (SSSR count). The van der Waals surface area contributed by atoms with Crippen molar-refractivity contribution in [3.8, 4) is 5.75 Å². The van der Waals surface area contributed by atoms with Gasteiger partial charge in [0.2, 0.25) is 21.8 Å². The molecule has 2 amide bonds. The smallest absolute Gasteiger partial charge is 0.245 e. The van der Waals surface area contributed by atoms with Crippen molar-refractivity contribution in [1.29, 1.82) is 0 Å². The molecule has 0 unspecified atom stereocenters. The molecule has 31 heavy (non-hydrogen) atoms. The van der Waals surface area contributed by atoms with Crippen LogP contribution in [0.4, 0.5) is 0 Å². The van der Waals surface area contributed by atoms with Crippen molar-refractivity contribution >= 4 is 32.9 Å². The van der Waals surface area contributed by atoms with Crippen LogP contribution in [0.15, 0.2) is 53.4 Å². The molecular formula is C20H23N5O5S. The fraction of sp³-hybridized carbons (Fsp3) is 0.250. The molecule has 0 bridgehead atoms. The Morgan fingerprint density at radius 1 is 1.03 bits per heavy atom. The van der Waals surface area contributed by atoms with Gasteiger partial charge in [-0.15, -0.1) is 0 Å². The molecule has 3 aromatic rings. The van der Waals surface area contributed by atoms with E-state index in [1.807, 2.05) is 35.9 Å². The van der Waals surface area contributed by atoms with Gasteiger partial charge in [0.1, 0.15) is 11.6 Å². The number of imidazole rings is 1. The Morgan fingerprint density at radius 3 is 2.39 bits per heavy atom. The summed E-state index contributed by atoms with van der Waals surface area (Å²) in [4.78, 5) is 28.5. The number of rotatable bonds is 8. The Hall–Kier alpha value is -3.44. The Balaban J connectivity index is 1.44. The molecule has 0 aliphatic carbocycles. The predicted octanol–water partition coefficient (Wildman–Crippen LogP) is 0.640. The third-order valence-electron chi connectivity index (χ3n) is 4.55. The molecule has 0 fully saturated rings. The van der Waals surface area contributed by atoms with Gasteiger partial charge in [0.15, 0.2) is 0 Å². The lowest BCUT2D eigenvalue weighted by Gasteiger charge is -2.09. The Kier molecular flexibility index (Phi) is 6.88. The first kappa shape index (κ1) is 22.2. The van der Waals surface area contributed by atoms with E-state index in [-0.39, 0.29) is 24.3 Å². The maximum Gasteiger partial charge on any atom is 0.245 e. The third kappa shape index (κ3) is 5.58. The molecule has 0 saturated carbocycles. The number of nitrogens with one attached hydrogen (secondary N) is 3. The highest BCUT2D eigenvalue weighted by Gasteiger charge is 2.15. The number of hydrogen-bond acceptors (Lipinski definition) is 6. The van der Waals surface area contributed by atoms with E-state index in [9.17, 15) is 18.0 Å². The maximum atomic E-state index is 12.2. The van der Waals surface area contributed by atoms with E-state index < -0.39 is 21.8 Å². The Bertz CT molecular complexity index is 1190. The van der Waals surface area contributed by atoms with Gasteiger partial charge in [0.25, 0.3) is 0 Å². The van der Waals surface area contributed by atoms with Crippen molar-refractivity contribution in [2.24, 2.45) is 7.05 Å². The average Bonchev–Trinajstić information content (AvgIpc) is 3.07. The number of hydrogen-bond donors (Lipinski definition) is 3. The van der Waals surface area contributed by atoms with Crippen molar-refractivity contribution < 1.29 is 22.7 Å². The number of hydrazine groups is 1. The summed E-state index contributed by atoms with van der Waals surface area (Å²) in [5.74, 6) is 0.120. The zero-order valence-electron chi connectivity index (χ0n) is 17.1. The van der Waals surface area contributed by atoms with Crippen molar-refractivity contribution in [2.45, 2.75) is 17.7 Å². The van der Waals surface area contributed by atoms with Gasteiger partial charge in [0.05, 0.1) is 29.5 Å². The van der Waals surface area contributed by atoms with E-state index >= 15 is 0 Å². The number of ether oxygens (including phenoxy) is 1. The number of carbonyl (C=O) groups is 2. The van der Waals surface area contributed by atoms with E-state index in [0.717, 1.165) is 11.0 Å². The lowest BCUT2D eigenvalue weighted by Crippen LogP contribution is -2.43. The lowest BCUT2D eigenvalue weighted by molar-refractivity contribution is -0.128. The van der Waals surface area contributed by atoms with E-state index in [4.69, 9.17) is 4.74 Å². The molecule has 0 saturated heterocycles. The van der Waals surface area contributed by atoms with Crippen LogP contribution in [0.25, 0.3) is 11.0 Å². The van der Waals surface area contributed by atoms with Crippen LogP contribution in [0.3, 0.4) is 0 Å². The number of aryl methyl sites for hydroxylation is 1. The molecule has 0 spiro atoms. The highest BCUT2D eigenvalue weighted by Crippen LogP contribution is 2.15. The van der Waals surface area contributed by atoms with Gasteiger partial charge in [0, 0.05) is 20.0 Å². The maximum absolute atomic E-state index is 12.2. The Morgan fingerprint density at radius 2 is 1.71 bits per heavy atom. The predicted molar refractivity (Wildman–Crippen MR) is 114 cm³/mol. The largest absolute Gasteiger partial charge is 0.497 e. The van der Waals surface area contributed by atoms with Gasteiger partial charge in [-0.3, -0.25) is 20.4 Å².